The zero-order valence-electron chi connectivity index (χ0n) is 19.7. The third-order valence-electron chi connectivity index (χ3n) is 5.12. The smallest absolute Gasteiger partial charge is 0.545 e. The van der Waals surface area contributed by atoms with Crippen LogP contribution in [-0.2, 0) is 4.74 Å². The molecule has 0 bridgehead atoms. The first-order valence-electron chi connectivity index (χ1n) is 10.8. The minimum absolute atomic E-state index is 0. The van der Waals surface area contributed by atoms with Gasteiger partial charge in [-0.05, 0) is 50.2 Å². The molecule has 0 radical (unpaired) electrons. The summed E-state index contributed by atoms with van der Waals surface area (Å²) in [5.41, 5.74) is 0.618. The third kappa shape index (κ3) is 8.16. The van der Waals surface area contributed by atoms with Gasteiger partial charge in [-0.25, -0.2) is 0 Å². The Kier molecular flexibility index (Phi) is 11.7. The van der Waals surface area contributed by atoms with Crippen LogP contribution in [0.1, 0.15) is 44.9 Å². The van der Waals surface area contributed by atoms with E-state index in [9.17, 15) is 19.5 Å². The SMILES string of the molecule is CCOc1ccc(C(C)=O)cc1NC(=O)c1cc(OCCN2CCOCC2)cc(C(=O)[O-])c1.[K+]. The van der Waals surface area contributed by atoms with E-state index in [1.807, 2.05) is 0 Å². The van der Waals surface area contributed by atoms with Crippen molar-refractivity contribution >= 4 is 23.3 Å². The van der Waals surface area contributed by atoms with Crippen molar-refractivity contribution in [2.45, 2.75) is 13.8 Å². The largest absolute Gasteiger partial charge is 1.00 e. The van der Waals surface area contributed by atoms with E-state index in [0.29, 0.717) is 50.0 Å². The summed E-state index contributed by atoms with van der Waals surface area (Å²) in [6, 6.07) is 8.75. The molecule has 0 aliphatic carbocycles. The number of carbonyl (C=O) groups excluding carboxylic acids is 3. The number of ether oxygens (including phenoxy) is 3. The summed E-state index contributed by atoms with van der Waals surface area (Å²) in [5.74, 6) is -1.51. The summed E-state index contributed by atoms with van der Waals surface area (Å²) in [6.45, 7) is 7.50. The Hall–Kier alpha value is -1.79. The number of rotatable bonds is 10. The summed E-state index contributed by atoms with van der Waals surface area (Å²) >= 11 is 0. The van der Waals surface area contributed by atoms with Gasteiger partial charge >= 0.3 is 51.4 Å². The van der Waals surface area contributed by atoms with E-state index in [4.69, 9.17) is 14.2 Å². The molecule has 1 fully saturated rings. The Morgan fingerprint density at radius 3 is 2.38 bits per heavy atom. The number of carbonyl (C=O) groups is 3. The second-order valence-electron chi connectivity index (χ2n) is 7.49. The van der Waals surface area contributed by atoms with E-state index >= 15 is 0 Å². The number of morpholine rings is 1. The van der Waals surface area contributed by atoms with Gasteiger partial charge < -0.3 is 29.4 Å². The Morgan fingerprint density at radius 1 is 1.03 bits per heavy atom. The van der Waals surface area contributed by atoms with Crippen molar-refractivity contribution in [2.24, 2.45) is 0 Å². The van der Waals surface area contributed by atoms with E-state index in [0.717, 1.165) is 13.1 Å². The average Bonchev–Trinajstić information content (AvgIpc) is 2.80. The maximum absolute atomic E-state index is 13.0. The fraction of sp³-hybridized carbons (Fsp3) is 0.375. The number of benzene rings is 2. The average molecular weight is 495 g/mol. The van der Waals surface area contributed by atoms with Gasteiger partial charge in [0.1, 0.15) is 18.1 Å². The second-order valence-corrected chi connectivity index (χ2v) is 7.49. The molecule has 1 saturated heterocycles. The number of amides is 1. The van der Waals surface area contributed by atoms with Gasteiger partial charge in [-0.1, -0.05) is 0 Å². The van der Waals surface area contributed by atoms with Crippen molar-refractivity contribution in [1.82, 2.24) is 4.90 Å². The number of Topliss-reactive ketones (excluding diaryl/α,β-unsaturated/α-hetero) is 1. The zero-order chi connectivity index (χ0) is 23.8. The number of carboxylic acids is 1. The monoisotopic (exact) mass is 494 g/mol. The molecular formula is C24H27KN2O7. The molecule has 2 aromatic carbocycles. The molecule has 1 aliphatic heterocycles. The molecule has 1 aliphatic rings. The van der Waals surface area contributed by atoms with Crippen LogP contribution in [0, 0.1) is 0 Å². The molecule has 2 aromatic rings. The van der Waals surface area contributed by atoms with Gasteiger partial charge in [-0.2, -0.15) is 0 Å². The molecule has 9 nitrogen and oxygen atoms in total. The van der Waals surface area contributed by atoms with Crippen molar-refractivity contribution in [3.05, 3.63) is 53.1 Å². The number of carboxylic acid groups (broad SMARTS) is 1. The van der Waals surface area contributed by atoms with E-state index in [2.05, 4.69) is 10.2 Å². The first-order chi connectivity index (χ1) is 15.9. The Bertz CT molecular complexity index is 1020. The van der Waals surface area contributed by atoms with E-state index < -0.39 is 11.9 Å². The molecule has 0 unspecified atom stereocenters. The normalized spacial score (nSPS) is 13.5. The summed E-state index contributed by atoms with van der Waals surface area (Å²) in [7, 11) is 0. The van der Waals surface area contributed by atoms with Crippen LogP contribution >= 0.6 is 0 Å². The molecular weight excluding hydrogens is 467 g/mol. The Balaban J connectivity index is 0.00000408. The van der Waals surface area contributed by atoms with Gasteiger partial charge in [0.05, 0.1) is 31.5 Å². The molecule has 0 spiro atoms. The Morgan fingerprint density at radius 2 is 1.74 bits per heavy atom. The van der Waals surface area contributed by atoms with Gasteiger partial charge in [0.2, 0.25) is 0 Å². The van der Waals surface area contributed by atoms with Gasteiger partial charge in [0.25, 0.3) is 5.91 Å². The zero-order valence-corrected chi connectivity index (χ0v) is 22.8. The number of nitrogens with one attached hydrogen (secondary N) is 1. The van der Waals surface area contributed by atoms with E-state index in [-0.39, 0.29) is 74.0 Å². The number of hydrogen-bond donors (Lipinski definition) is 1. The molecule has 1 heterocycles. The van der Waals surface area contributed by atoms with Gasteiger partial charge in [0, 0.05) is 36.3 Å². The minimum atomic E-state index is -1.42. The first-order valence-corrected chi connectivity index (χ1v) is 10.8. The van der Waals surface area contributed by atoms with Crippen molar-refractivity contribution in [3.8, 4) is 11.5 Å². The first kappa shape index (κ1) is 28.4. The van der Waals surface area contributed by atoms with Crippen LogP contribution in [0.25, 0.3) is 0 Å². The van der Waals surface area contributed by atoms with Crippen LogP contribution < -0.4 is 71.3 Å². The summed E-state index contributed by atoms with van der Waals surface area (Å²) in [5, 5.41) is 14.2. The predicted octanol–water partition coefficient (Wildman–Crippen LogP) is -1.38. The van der Waals surface area contributed by atoms with E-state index in [1.165, 1.54) is 31.2 Å². The molecule has 0 atom stereocenters. The fourth-order valence-electron chi connectivity index (χ4n) is 3.37. The van der Waals surface area contributed by atoms with Crippen molar-refractivity contribution in [3.63, 3.8) is 0 Å². The standard InChI is InChI=1S/C24H28N2O7.K/c1-3-32-22-5-4-17(16(2)27)15-21(22)25-23(28)18-12-19(24(29)30)14-20(13-18)33-11-8-26-6-9-31-10-7-26;/h4-5,12-15H,3,6-11H2,1-2H3,(H,25,28)(H,29,30);/q;+1/p-1. The number of anilines is 1. The maximum atomic E-state index is 13.0. The van der Waals surface area contributed by atoms with Crippen molar-refractivity contribution < 1.29 is 85.1 Å². The van der Waals surface area contributed by atoms with Crippen LogP contribution in [0.15, 0.2) is 36.4 Å². The van der Waals surface area contributed by atoms with Gasteiger partial charge in [-0.15, -0.1) is 0 Å². The molecule has 0 saturated carbocycles. The van der Waals surface area contributed by atoms with Crippen LogP contribution in [-0.4, -0.2) is 68.6 Å². The maximum Gasteiger partial charge on any atom is 1.00 e. The molecule has 34 heavy (non-hydrogen) atoms. The number of hydrogen-bond acceptors (Lipinski definition) is 8. The van der Waals surface area contributed by atoms with Crippen molar-refractivity contribution in [2.75, 3.05) is 51.4 Å². The van der Waals surface area contributed by atoms with Crippen LogP contribution in [0.4, 0.5) is 5.69 Å². The van der Waals surface area contributed by atoms with E-state index in [1.54, 1.807) is 19.1 Å². The van der Waals surface area contributed by atoms with Gasteiger partial charge in [0.15, 0.2) is 5.78 Å². The Labute approximate surface area is 241 Å². The summed E-state index contributed by atoms with van der Waals surface area (Å²) in [6.07, 6.45) is 0. The molecule has 0 aromatic heterocycles. The number of nitrogens with zero attached hydrogens (tertiary/aromatic N) is 1. The predicted molar refractivity (Wildman–Crippen MR) is 119 cm³/mol. The second kappa shape index (κ2) is 13.9. The molecule has 176 valence electrons. The van der Waals surface area contributed by atoms with Crippen molar-refractivity contribution in [1.29, 1.82) is 0 Å². The molecule has 1 amide bonds. The molecule has 1 N–H and O–H groups in total. The van der Waals surface area contributed by atoms with Crippen LogP contribution in [0.5, 0.6) is 11.5 Å². The molecule has 10 heteroatoms. The number of aromatic carboxylic acids is 1. The summed E-state index contributed by atoms with van der Waals surface area (Å²) < 4.78 is 16.6. The fourth-order valence-corrected chi connectivity index (χ4v) is 3.37. The quantitative estimate of drug-likeness (QED) is 0.317. The minimum Gasteiger partial charge on any atom is -0.545 e. The van der Waals surface area contributed by atoms with Gasteiger partial charge in [-0.3, -0.25) is 14.5 Å². The molecule has 3 rings (SSSR count). The number of ketones is 1. The van der Waals surface area contributed by atoms with Crippen LogP contribution in [0.3, 0.4) is 0 Å². The summed E-state index contributed by atoms with van der Waals surface area (Å²) in [4.78, 5) is 38.4. The topological polar surface area (TPSA) is 117 Å². The third-order valence-corrected chi connectivity index (χ3v) is 5.12. The van der Waals surface area contributed by atoms with Crippen LogP contribution in [0.2, 0.25) is 0 Å².